The Morgan fingerprint density at radius 2 is 1.87 bits per heavy atom. The normalized spacial score (nSPS) is 12.5. The zero-order valence-corrected chi connectivity index (χ0v) is 12.3. The van der Waals surface area contributed by atoms with Crippen molar-refractivity contribution >= 4 is 17.5 Å². The van der Waals surface area contributed by atoms with Crippen LogP contribution in [0.1, 0.15) is 5.56 Å². The van der Waals surface area contributed by atoms with Crippen LogP contribution in [0, 0.1) is 0 Å². The van der Waals surface area contributed by atoms with Crippen LogP contribution in [0.5, 0.6) is 11.5 Å². The SMILES string of the molecule is O=C(NCCc1ccoc1)C(=O)Nc1ccc2c(c1)OCCO2. The molecule has 0 aliphatic carbocycles. The second-order valence-corrected chi connectivity index (χ2v) is 4.95. The van der Waals surface area contributed by atoms with Gasteiger partial charge < -0.3 is 24.5 Å². The molecule has 7 nitrogen and oxygen atoms in total. The van der Waals surface area contributed by atoms with Crippen molar-refractivity contribution in [3.05, 3.63) is 42.4 Å². The highest BCUT2D eigenvalue weighted by Gasteiger charge is 2.16. The molecule has 0 atom stereocenters. The van der Waals surface area contributed by atoms with Crippen LogP contribution in [0.4, 0.5) is 5.69 Å². The number of furan rings is 1. The Labute approximate surface area is 132 Å². The molecule has 1 aromatic carbocycles. The Kier molecular flexibility index (Phi) is 4.46. The number of hydrogen-bond donors (Lipinski definition) is 2. The highest BCUT2D eigenvalue weighted by Crippen LogP contribution is 2.32. The van der Waals surface area contributed by atoms with Crippen LogP contribution in [0.3, 0.4) is 0 Å². The molecule has 2 amide bonds. The van der Waals surface area contributed by atoms with E-state index in [9.17, 15) is 9.59 Å². The third-order valence-corrected chi connectivity index (χ3v) is 3.29. The van der Waals surface area contributed by atoms with Crippen LogP contribution in [-0.2, 0) is 16.0 Å². The van der Waals surface area contributed by atoms with Crippen LogP contribution in [-0.4, -0.2) is 31.6 Å². The Morgan fingerprint density at radius 3 is 2.65 bits per heavy atom. The molecule has 2 aromatic rings. The van der Waals surface area contributed by atoms with Crippen LogP contribution in [0.2, 0.25) is 0 Å². The van der Waals surface area contributed by atoms with Gasteiger partial charge in [0.2, 0.25) is 0 Å². The summed E-state index contributed by atoms with van der Waals surface area (Å²) in [6.45, 7) is 1.31. The summed E-state index contributed by atoms with van der Waals surface area (Å²) < 4.78 is 15.8. The number of fused-ring (bicyclic) bond motifs is 1. The predicted octanol–water partition coefficient (Wildman–Crippen LogP) is 1.35. The summed E-state index contributed by atoms with van der Waals surface area (Å²) in [7, 11) is 0. The number of rotatable bonds is 4. The molecule has 0 bridgehead atoms. The quantitative estimate of drug-likeness (QED) is 0.831. The van der Waals surface area contributed by atoms with Gasteiger partial charge in [0.05, 0.1) is 12.5 Å². The van der Waals surface area contributed by atoms with Gasteiger partial charge >= 0.3 is 11.8 Å². The molecule has 1 aliphatic heterocycles. The van der Waals surface area contributed by atoms with Gasteiger partial charge in [-0.2, -0.15) is 0 Å². The van der Waals surface area contributed by atoms with Gasteiger partial charge in [-0.05, 0) is 30.2 Å². The van der Waals surface area contributed by atoms with E-state index in [1.807, 2.05) is 0 Å². The fourth-order valence-corrected chi connectivity index (χ4v) is 2.14. The highest BCUT2D eigenvalue weighted by molar-refractivity contribution is 6.39. The van der Waals surface area contributed by atoms with Gasteiger partial charge in [-0.1, -0.05) is 0 Å². The minimum Gasteiger partial charge on any atom is -0.486 e. The van der Waals surface area contributed by atoms with Crippen molar-refractivity contribution in [3.63, 3.8) is 0 Å². The first-order valence-electron chi connectivity index (χ1n) is 7.22. The van der Waals surface area contributed by atoms with E-state index in [0.717, 1.165) is 5.56 Å². The molecule has 0 spiro atoms. The summed E-state index contributed by atoms with van der Waals surface area (Å²) in [5.41, 5.74) is 1.43. The number of amides is 2. The molecule has 120 valence electrons. The molecule has 0 saturated heterocycles. The van der Waals surface area contributed by atoms with Crippen molar-refractivity contribution in [2.75, 3.05) is 25.1 Å². The van der Waals surface area contributed by atoms with Crippen molar-refractivity contribution < 1.29 is 23.5 Å². The zero-order valence-electron chi connectivity index (χ0n) is 12.3. The fraction of sp³-hybridized carbons (Fsp3) is 0.250. The van der Waals surface area contributed by atoms with Crippen molar-refractivity contribution in [1.29, 1.82) is 0 Å². The largest absolute Gasteiger partial charge is 0.486 e. The number of ether oxygens (including phenoxy) is 2. The van der Waals surface area contributed by atoms with Gasteiger partial charge in [0.1, 0.15) is 13.2 Å². The average molecular weight is 316 g/mol. The molecule has 23 heavy (non-hydrogen) atoms. The number of anilines is 1. The summed E-state index contributed by atoms with van der Waals surface area (Å²) >= 11 is 0. The van der Waals surface area contributed by atoms with E-state index in [-0.39, 0.29) is 0 Å². The van der Waals surface area contributed by atoms with Crippen molar-refractivity contribution in [2.45, 2.75) is 6.42 Å². The molecular formula is C16H16N2O5. The van der Waals surface area contributed by atoms with Gasteiger partial charge in [0.15, 0.2) is 11.5 Å². The maximum Gasteiger partial charge on any atom is 0.313 e. The molecule has 0 saturated carbocycles. The molecular weight excluding hydrogens is 300 g/mol. The maximum absolute atomic E-state index is 11.9. The van der Waals surface area contributed by atoms with Gasteiger partial charge in [-0.15, -0.1) is 0 Å². The summed E-state index contributed by atoms with van der Waals surface area (Å²) in [4.78, 5) is 23.6. The van der Waals surface area contributed by atoms with Crippen molar-refractivity contribution in [3.8, 4) is 11.5 Å². The van der Waals surface area contributed by atoms with E-state index in [1.165, 1.54) is 0 Å². The monoisotopic (exact) mass is 316 g/mol. The molecule has 0 fully saturated rings. The third-order valence-electron chi connectivity index (χ3n) is 3.29. The molecule has 0 radical (unpaired) electrons. The van der Waals surface area contributed by atoms with Crippen LogP contribution in [0.15, 0.2) is 41.2 Å². The minimum atomic E-state index is -0.728. The Bertz CT molecular complexity index is 697. The summed E-state index contributed by atoms with van der Waals surface area (Å²) in [6.07, 6.45) is 3.76. The average Bonchev–Trinajstić information content (AvgIpc) is 3.08. The molecule has 3 rings (SSSR count). The molecule has 2 N–H and O–H groups in total. The lowest BCUT2D eigenvalue weighted by atomic mass is 10.2. The van der Waals surface area contributed by atoms with Gasteiger partial charge in [0.25, 0.3) is 0 Å². The third kappa shape index (κ3) is 3.82. The molecule has 1 aromatic heterocycles. The van der Waals surface area contributed by atoms with Crippen LogP contribution >= 0.6 is 0 Å². The van der Waals surface area contributed by atoms with E-state index in [1.54, 1.807) is 36.8 Å². The standard InChI is InChI=1S/C16H16N2O5/c19-15(17-5-3-11-4-6-21-10-11)16(20)18-12-1-2-13-14(9-12)23-8-7-22-13/h1-2,4,6,9-10H,3,5,7-8H2,(H,17,19)(H,18,20). The number of carbonyl (C=O) groups excluding carboxylic acids is 2. The van der Waals surface area contributed by atoms with E-state index in [2.05, 4.69) is 10.6 Å². The number of benzene rings is 1. The second kappa shape index (κ2) is 6.87. The van der Waals surface area contributed by atoms with Crippen LogP contribution < -0.4 is 20.1 Å². The Morgan fingerprint density at radius 1 is 1.04 bits per heavy atom. The fourth-order valence-electron chi connectivity index (χ4n) is 2.14. The summed E-state index contributed by atoms with van der Waals surface area (Å²) in [5, 5.41) is 5.09. The minimum absolute atomic E-state index is 0.354. The Hall–Kier alpha value is -2.96. The summed E-state index contributed by atoms with van der Waals surface area (Å²) in [6, 6.07) is 6.79. The molecule has 0 unspecified atom stereocenters. The lowest BCUT2D eigenvalue weighted by molar-refractivity contribution is -0.136. The summed E-state index contributed by atoms with van der Waals surface area (Å²) in [5.74, 6) is -0.245. The van der Waals surface area contributed by atoms with E-state index >= 15 is 0 Å². The molecule has 7 heteroatoms. The maximum atomic E-state index is 11.9. The van der Waals surface area contributed by atoms with E-state index in [4.69, 9.17) is 13.9 Å². The smallest absolute Gasteiger partial charge is 0.313 e. The number of hydrogen-bond acceptors (Lipinski definition) is 5. The lowest BCUT2D eigenvalue weighted by Gasteiger charge is -2.18. The van der Waals surface area contributed by atoms with Gasteiger partial charge in [0, 0.05) is 18.3 Å². The zero-order chi connectivity index (χ0) is 16.1. The Balaban J connectivity index is 1.50. The van der Waals surface area contributed by atoms with Gasteiger partial charge in [-0.25, -0.2) is 0 Å². The van der Waals surface area contributed by atoms with Crippen molar-refractivity contribution in [2.24, 2.45) is 0 Å². The van der Waals surface area contributed by atoms with E-state index < -0.39 is 11.8 Å². The van der Waals surface area contributed by atoms with Crippen LogP contribution in [0.25, 0.3) is 0 Å². The lowest BCUT2D eigenvalue weighted by Crippen LogP contribution is -2.36. The molecule has 1 aliphatic rings. The topological polar surface area (TPSA) is 89.8 Å². The second-order valence-electron chi connectivity index (χ2n) is 4.95. The first-order chi connectivity index (χ1) is 11.2. The number of nitrogens with one attached hydrogen (secondary N) is 2. The van der Waals surface area contributed by atoms with Crippen molar-refractivity contribution in [1.82, 2.24) is 5.32 Å². The first kappa shape index (κ1) is 15.0. The predicted molar refractivity (Wildman–Crippen MR) is 81.5 cm³/mol. The first-order valence-corrected chi connectivity index (χ1v) is 7.22. The number of carbonyl (C=O) groups is 2. The highest BCUT2D eigenvalue weighted by atomic mass is 16.6. The van der Waals surface area contributed by atoms with Gasteiger partial charge in [-0.3, -0.25) is 9.59 Å². The van der Waals surface area contributed by atoms with E-state index in [0.29, 0.717) is 43.4 Å². The molecule has 2 heterocycles.